The molecule has 0 aromatic rings. The molecule has 1 fully saturated rings. The predicted octanol–water partition coefficient (Wildman–Crippen LogP) is 1.47. The van der Waals surface area contributed by atoms with Gasteiger partial charge in [-0.15, -0.1) is 0 Å². The molecule has 1 rings (SSSR count). The normalized spacial score (nSPS) is 34.2. The van der Waals surface area contributed by atoms with Crippen molar-refractivity contribution in [3.05, 3.63) is 0 Å². The summed E-state index contributed by atoms with van der Waals surface area (Å²) in [5.41, 5.74) is -0.921. The van der Waals surface area contributed by atoms with Gasteiger partial charge in [0.2, 0.25) is 0 Å². The van der Waals surface area contributed by atoms with Crippen LogP contribution in [-0.4, -0.2) is 17.7 Å². The Morgan fingerprint density at radius 3 is 2.50 bits per heavy atom. The lowest BCUT2D eigenvalue weighted by molar-refractivity contribution is 0.154. The molecule has 0 amide bonds. The quantitative estimate of drug-likeness (QED) is 0.513. The zero-order valence-electron chi connectivity index (χ0n) is 3.93. The van der Waals surface area contributed by atoms with Crippen LogP contribution >= 0.6 is 11.6 Å². The van der Waals surface area contributed by atoms with Gasteiger partial charge in [0.15, 0.2) is 0 Å². The van der Waals surface area contributed by atoms with Crippen LogP contribution in [0.1, 0.15) is 6.42 Å². The number of hydrogen-bond acceptors (Lipinski definition) is 2. The van der Waals surface area contributed by atoms with Gasteiger partial charge in [0.05, 0.1) is 0 Å². The van der Waals surface area contributed by atoms with Crippen molar-refractivity contribution in [2.45, 2.75) is 18.7 Å². The molecule has 1 aliphatic carbocycles. The number of hydrogen-bond donors (Lipinski definition) is 0. The topological polar surface area (TPSA) is 26.3 Å². The average molecular weight is 139 g/mol. The van der Waals surface area contributed by atoms with E-state index in [0.717, 1.165) is 0 Å². The number of alkyl halides is 1. The third kappa shape index (κ3) is 1.33. The Morgan fingerprint density at radius 2 is 2.38 bits per heavy atom. The molecule has 2 atom stereocenters. The Morgan fingerprint density at radius 1 is 1.88 bits per heavy atom. The van der Waals surface area contributed by atoms with Gasteiger partial charge in [0, 0.05) is 18.0 Å². The molecule has 0 radical (unpaired) electrons. The minimum Gasteiger partial charge on any atom is -0.447 e. The SMILES string of the molecule is O=C(Cl)OC1CC1F. The third-order valence-corrected chi connectivity index (χ3v) is 0.991. The highest BCUT2D eigenvalue weighted by Crippen LogP contribution is 2.29. The Hall–Kier alpha value is -0.310. The summed E-state index contributed by atoms with van der Waals surface area (Å²) < 4.78 is 16.0. The van der Waals surface area contributed by atoms with Crippen molar-refractivity contribution in [2.75, 3.05) is 0 Å². The molecule has 1 saturated carbocycles. The summed E-state index contributed by atoms with van der Waals surface area (Å²) in [5, 5.41) is 0. The molecule has 0 aliphatic heterocycles. The number of halogens is 2. The van der Waals surface area contributed by atoms with Crippen LogP contribution in [0.5, 0.6) is 0 Å². The van der Waals surface area contributed by atoms with E-state index in [1.165, 1.54) is 0 Å². The van der Waals surface area contributed by atoms with Gasteiger partial charge < -0.3 is 4.74 Å². The minimum atomic E-state index is -0.974. The zero-order chi connectivity index (χ0) is 6.15. The van der Waals surface area contributed by atoms with Crippen LogP contribution in [0.4, 0.5) is 9.18 Å². The third-order valence-electron chi connectivity index (χ3n) is 0.902. The molecule has 0 saturated heterocycles. The monoisotopic (exact) mass is 138 g/mol. The number of rotatable bonds is 1. The maximum absolute atomic E-state index is 11.8. The molecule has 0 aromatic heterocycles. The summed E-state index contributed by atoms with van der Waals surface area (Å²) >= 11 is 4.75. The van der Waals surface area contributed by atoms with Gasteiger partial charge in [-0.1, -0.05) is 0 Å². The molecule has 0 spiro atoms. The van der Waals surface area contributed by atoms with Crippen molar-refractivity contribution in [1.29, 1.82) is 0 Å². The van der Waals surface area contributed by atoms with Crippen LogP contribution in [0.3, 0.4) is 0 Å². The molecule has 2 nitrogen and oxygen atoms in total. The molecular formula is C4H4ClFO2. The van der Waals surface area contributed by atoms with Gasteiger partial charge in [-0.2, -0.15) is 0 Å². The maximum atomic E-state index is 11.8. The van der Waals surface area contributed by atoms with E-state index in [1.54, 1.807) is 0 Å². The van der Waals surface area contributed by atoms with Gasteiger partial charge in [0.25, 0.3) is 0 Å². The summed E-state index contributed by atoms with van der Waals surface area (Å²) in [6.45, 7) is 0. The maximum Gasteiger partial charge on any atom is 0.404 e. The fourth-order valence-corrected chi connectivity index (χ4v) is 0.499. The largest absolute Gasteiger partial charge is 0.447 e. The Labute approximate surface area is 50.6 Å². The highest BCUT2D eigenvalue weighted by Gasteiger charge is 2.41. The zero-order valence-corrected chi connectivity index (χ0v) is 4.69. The van der Waals surface area contributed by atoms with E-state index in [-0.39, 0.29) is 0 Å². The molecular weight excluding hydrogens is 134 g/mol. The molecule has 0 heterocycles. The van der Waals surface area contributed by atoms with E-state index >= 15 is 0 Å². The summed E-state index contributed by atoms with van der Waals surface area (Å²) in [6.07, 6.45) is -1.23. The second-order valence-electron chi connectivity index (χ2n) is 1.65. The molecule has 1 aliphatic rings. The van der Waals surface area contributed by atoms with Crippen LogP contribution in [0.25, 0.3) is 0 Å². The van der Waals surface area contributed by atoms with Gasteiger partial charge >= 0.3 is 5.43 Å². The Kier molecular flexibility index (Phi) is 1.38. The van der Waals surface area contributed by atoms with Crippen molar-refractivity contribution in [2.24, 2.45) is 0 Å². The molecule has 4 heteroatoms. The summed E-state index contributed by atoms with van der Waals surface area (Å²) in [7, 11) is 0. The number of carbonyl (C=O) groups is 1. The second kappa shape index (κ2) is 1.90. The summed E-state index contributed by atoms with van der Waals surface area (Å²) in [5.74, 6) is 0. The lowest BCUT2D eigenvalue weighted by atomic mass is 10.8. The van der Waals surface area contributed by atoms with Crippen LogP contribution in [0.2, 0.25) is 0 Å². The van der Waals surface area contributed by atoms with Crippen LogP contribution in [-0.2, 0) is 4.74 Å². The average Bonchev–Trinajstić information content (AvgIpc) is 2.17. The lowest BCUT2D eigenvalue weighted by Crippen LogP contribution is -1.98. The first-order valence-electron chi connectivity index (χ1n) is 2.20. The first-order chi connectivity index (χ1) is 3.70. The predicted molar refractivity (Wildman–Crippen MR) is 25.6 cm³/mol. The highest BCUT2D eigenvalue weighted by molar-refractivity contribution is 6.61. The summed E-state index contributed by atoms with van der Waals surface area (Å²) in [6, 6.07) is 0. The van der Waals surface area contributed by atoms with Crippen molar-refractivity contribution in [3.8, 4) is 0 Å². The molecule has 8 heavy (non-hydrogen) atoms. The van der Waals surface area contributed by atoms with Crippen molar-refractivity contribution in [3.63, 3.8) is 0 Å². The Bertz CT molecular complexity index is 117. The van der Waals surface area contributed by atoms with Crippen LogP contribution in [0, 0.1) is 0 Å². The fraction of sp³-hybridized carbons (Fsp3) is 0.750. The molecule has 0 bridgehead atoms. The van der Waals surface area contributed by atoms with E-state index in [4.69, 9.17) is 11.6 Å². The second-order valence-corrected chi connectivity index (χ2v) is 1.95. The lowest BCUT2D eigenvalue weighted by Gasteiger charge is -1.90. The molecule has 46 valence electrons. The van der Waals surface area contributed by atoms with Gasteiger partial charge in [0.1, 0.15) is 12.3 Å². The van der Waals surface area contributed by atoms with E-state index in [2.05, 4.69) is 4.74 Å². The highest BCUT2D eigenvalue weighted by atomic mass is 35.5. The fourth-order valence-electron chi connectivity index (χ4n) is 0.384. The minimum absolute atomic E-state index is 0.304. The van der Waals surface area contributed by atoms with E-state index < -0.39 is 17.7 Å². The Balaban J connectivity index is 2.14. The first kappa shape index (κ1) is 5.82. The standard InChI is InChI=1S/C4H4ClFO2/c5-4(7)8-3-1-2(3)6/h2-3H,1H2. The summed E-state index contributed by atoms with van der Waals surface area (Å²) in [4.78, 5) is 9.82. The first-order valence-corrected chi connectivity index (χ1v) is 2.58. The van der Waals surface area contributed by atoms with E-state index in [9.17, 15) is 9.18 Å². The van der Waals surface area contributed by atoms with Crippen molar-refractivity contribution in [1.82, 2.24) is 0 Å². The van der Waals surface area contributed by atoms with Crippen molar-refractivity contribution >= 4 is 17.0 Å². The van der Waals surface area contributed by atoms with Gasteiger partial charge in [-0.05, 0) is 0 Å². The smallest absolute Gasteiger partial charge is 0.404 e. The number of ether oxygens (including phenoxy) is 1. The van der Waals surface area contributed by atoms with Gasteiger partial charge in [-0.25, -0.2) is 9.18 Å². The number of carbonyl (C=O) groups excluding carboxylic acids is 1. The van der Waals surface area contributed by atoms with Crippen molar-refractivity contribution < 1.29 is 13.9 Å². The van der Waals surface area contributed by atoms with E-state index in [1.807, 2.05) is 0 Å². The van der Waals surface area contributed by atoms with Crippen LogP contribution in [0.15, 0.2) is 0 Å². The molecule has 0 aromatic carbocycles. The van der Waals surface area contributed by atoms with Crippen LogP contribution < -0.4 is 0 Å². The van der Waals surface area contributed by atoms with E-state index in [0.29, 0.717) is 6.42 Å². The molecule has 2 unspecified atom stereocenters. The molecule has 0 N–H and O–H groups in total. The van der Waals surface area contributed by atoms with Gasteiger partial charge in [-0.3, -0.25) is 0 Å².